The lowest BCUT2D eigenvalue weighted by molar-refractivity contribution is -0.146. The molecule has 0 aromatic carbocycles. The van der Waals surface area contributed by atoms with E-state index in [1.54, 1.807) is 0 Å². The Kier molecular flexibility index (Phi) is 20.7. The second-order valence-electron chi connectivity index (χ2n) is 7.92. The van der Waals surface area contributed by atoms with Crippen molar-refractivity contribution in [3.05, 3.63) is 0 Å². The van der Waals surface area contributed by atoms with Crippen LogP contribution < -0.4 is 11.5 Å². The highest BCUT2D eigenvalue weighted by atomic mass is 16.5. The lowest BCUT2D eigenvalue weighted by Crippen LogP contribution is -2.33. The molecule has 0 aromatic heterocycles. The Bertz CT molecular complexity index is 391. The standard InChI is InChI=1S/C23H46N2O4/c1-2-3-4-5-6-7-8-9-12-17-22(26)28-19-13-10-11-14-20-29-23(27)21(25)16-15-18-24/h21H,2-20,24-25H2,1H3/t21-/m1/s1. The number of rotatable bonds is 21. The zero-order valence-corrected chi connectivity index (χ0v) is 18.8. The minimum atomic E-state index is -0.566. The lowest BCUT2D eigenvalue weighted by Gasteiger charge is -2.10. The molecule has 0 rings (SSSR count). The molecule has 1 atom stereocenters. The quantitative estimate of drug-likeness (QED) is 0.210. The Hall–Kier alpha value is -1.14. The highest BCUT2D eigenvalue weighted by Crippen LogP contribution is 2.11. The number of carbonyl (C=O) groups excluding carboxylic acids is 2. The molecule has 0 aromatic rings. The summed E-state index contributed by atoms with van der Waals surface area (Å²) >= 11 is 0. The second kappa shape index (κ2) is 21.6. The molecule has 172 valence electrons. The lowest BCUT2D eigenvalue weighted by atomic mass is 10.1. The first kappa shape index (κ1) is 27.9. The van der Waals surface area contributed by atoms with Gasteiger partial charge in [-0.15, -0.1) is 0 Å². The Morgan fingerprint density at radius 1 is 0.724 bits per heavy atom. The molecule has 0 spiro atoms. The van der Waals surface area contributed by atoms with Gasteiger partial charge in [0.2, 0.25) is 0 Å². The van der Waals surface area contributed by atoms with Gasteiger partial charge in [0.25, 0.3) is 0 Å². The molecular weight excluding hydrogens is 368 g/mol. The third-order valence-corrected chi connectivity index (χ3v) is 5.05. The number of hydrogen-bond acceptors (Lipinski definition) is 6. The van der Waals surface area contributed by atoms with Gasteiger partial charge in [-0.25, -0.2) is 0 Å². The van der Waals surface area contributed by atoms with Gasteiger partial charge in [-0.2, -0.15) is 0 Å². The number of ether oxygens (including phenoxy) is 2. The van der Waals surface area contributed by atoms with Crippen molar-refractivity contribution in [1.82, 2.24) is 0 Å². The summed E-state index contributed by atoms with van der Waals surface area (Å²) in [5.74, 6) is -0.419. The largest absolute Gasteiger partial charge is 0.466 e. The third-order valence-electron chi connectivity index (χ3n) is 5.05. The molecule has 0 aliphatic rings. The van der Waals surface area contributed by atoms with Crippen LogP contribution in [0.3, 0.4) is 0 Å². The summed E-state index contributed by atoms with van der Waals surface area (Å²) in [5, 5.41) is 0. The Labute approximate surface area is 178 Å². The van der Waals surface area contributed by atoms with E-state index in [0.717, 1.165) is 44.9 Å². The molecule has 0 amide bonds. The van der Waals surface area contributed by atoms with E-state index in [0.29, 0.717) is 32.6 Å². The van der Waals surface area contributed by atoms with Crippen LogP contribution in [0.2, 0.25) is 0 Å². The van der Waals surface area contributed by atoms with E-state index in [9.17, 15) is 9.59 Å². The van der Waals surface area contributed by atoms with E-state index in [2.05, 4.69) is 6.92 Å². The van der Waals surface area contributed by atoms with Gasteiger partial charge in [0, 0.05) is 6.42 Å². The number of carbonyl (C=O) groups is 2. The van der Waals surface area contributed by atoms with Crippen LogP contribution in [-0.4, -0.2) is 37.7 Å². The molecule has 0 radical (unpaired) electrons. The number of nitrogens with two attached hydrogens (primary N) is 2. The fourth-order valence-electron chi connectivity index (χ4n) is 3.13. The molecule has 0 saturated heterocycles. The van der Waals surface area contributed by atoms with Crippen molar-refractivity contribution in [3.8, 4) is 0 Å². The predicted molar refractivity (Wildman–Crippen MR) is 118 cm³/mol. The van der Waals surface area contributed by atoms with Crippen LogP contribution in [0.25, 0.3) is 0 Å². The van der Waals surface area contributed by atoms with Crippen molar-refractivity contribution in [2.45, 2.75) is 116 Å². The molecule has 0 bridgehead atoms. The molecule has 0 saturated carbocycles. The van der Waals surface area contributed by atoms with Gasteiger partial charge in [-0.1, -0.05) is 58.3 Å². The summed E-state index contributed by atoms with van der Waals surface area (Å²) in [6.07, 6.45) is 16.6. The fourth-order valence-corrected chi connectivity index (χ4v) is 3.13. The summed E-state index contributed by atoms with van der Waals surface area (Å²) in [4.78, 5) is 23.3. The number of hydrogen-bond donors (Lipinski definition) is 2. The van der Waals surface area contributed by atoms with Crippen molar-refractivity contribution >= 4 is 11.9 Å². The average molecular weight is 415 g/mol. The van der Waals surface area contributed by atoms with Gasteiger partial charge < -0.3 is 20.9 Å². The summed E-state index contributed by atoms with van der Waals surface area (Å²) in [7, 11) is 0. The zero-order valence-electron chi connectivity index (χ0n) is 18.8. The molecule has 0 unspecified atom stereocenters. The van der Waals surface area contributed by atoms with Crippen LogP contribution in [0.15, 0.2) is 0 Å². The summed E-state index contributed by atoms with van der Waals surface area (Å²) in [6, 6.07) is -0.566. The Morgan fingerprint density at radius 2 is 1.24 bits per heavy atom. The van der Waals surface area contributed by atoms with Gasteiger partial charge in [-0.05, 0) is 51.5 Å². The fraction of sp³-hybridized carbons (Fsp3) is 0.913. The summed E-state index contributed by atoms with van der Waals surface area (Å²) < 4.78 is 10.4. The highest BCUT2D eigenvalue weighted by Gasteiger charge is 2.13. The first-order valence-electron chi connectivity index (χ1n) is 11.9. The molecule has 29 heavy (non-hydrogen) atoms. The van der Waals surface area contributed by atoms with Crippen LogP contribution in [-0.2, 0) is 19.1 Å². The first-order valence-corrected chi connectivity index (χ1v) is 11.9. The Morgan fingerprint density at radius 3 is 1.83 bits per heavy atom. The molecule has 0 fully saturated rings. The van der Waals surface area contributed by atoms with E-state index in [-0.39, 0.29) is 11.9 Å². The van der Waals surface area contributed by atoms with Crippen LogP contribution in [0, 0.1) is 0 Å². The van der Waals surface area contributed by atoms with Crippen LogP contribution in [0.1, 0.15) is 110 Å². The van der Waals surface area contributed by atoms with E-state index in [1.165, 1.54) is 44.9 Å². The summed E-state index contributed by atoms with van der Waals surface area (Å²) in [5.41, 5.74) is 11.1. The van der Waals surface area contributed by atoms with Crippen molar-refractivity contribution in [3.63, 3.8) is 0 Å². The van der Waals surface area contributed by atoms with Crippen molar-refractivity contribution in [2.75, 3.05) is 19.8 Å². The second-order valence-corrected chi connectivity index (χ2v) is 7.92. The smallest absolute Gasteiger partial charge is 0.322 e. The minimum absolute atomic E-state index is 0.0756. The van der Waals surface area contributed by atoms with Gasteiger partial charge >= 0.3 is 11.9 Å². The average Bonchev–Trinajstić information content (AvgIpc) is 2.72. The maximum atomic E-state index is 11.7. The zero-order chi connectivity index (χ0) is 21.6. The van der Waals surface area contributed by atoms with E-state index in [4.69, 9.17) is 20.9 Å². The molecule has 0 heterocycles. The van der Waals surface area contributed by atoms with Crippen molar-refractivity contribution in [2.24, 2.45) is 11.5 Å². The molecule has 0 aliphatic carbocycles. The highest BCUT2D eigenvalue weighted by molar-refractivity contribution is 5.75. The molecular formula is C23H46N2O4. The SMILES string of the molecule is CCCCCCCCCCCC(=O)OCCCCCCOC(=O)[C@H](N)CCCN. The van der Waals surface area contributed by atoms with Gasteiger partial charge in [0.05, 0.1) is 13.2 Å². The third kappa shape index (κ3) is 19.9. The maximum absolute atomic E-state index is 11.7. The van der Waals surface area contributed by atoms with Gasteiger partial charge in [0.15, 0.2) is 0 Å². The Balaban J connectivity index is 3.32. The monoisotopic (exact) mass is 414 g/mol. The van der Waals surface area contributed by atoms with Crippen LogP contribution >= 0.6 is 0 Å². The molecule has 6 heteroatoms. The van der Waals surface area contributed by atoms with Gasteiger partial charge in [0.1, 0.15) is 6.04 Å². The van der Waals surface area contributed by atoms with Crippen molar-refractivity contribution in [1.29, 1.82) is 0 Å². The van der Waals surface area contributed by atoms with E-state index < -0.39 is 6.04 Å². The maximum Gasteiger partial charge on any atom is 0.322 e. The van der Waals surface area contributed by atoms with Crippen molar-refractivity contribution < 1.29 is 19.1 Å². The molecule has 0 aliphatic heterocycles. The van der Waals surface area contributed by atoms with E-state index >= 15 is 0 Å². The molecule has 4 N–H and O–H groups in total. The topological polar surface area (TPSA) is 105 Å². The first-order chi connectivity index (χ1) is 14.1. The van der Waals surface area contributed by atoms with Crippen LogP contribution in [0.5, 0.6) is 0 Å². The molecule has 6 nitrogen and oxygen atoms in total. The van der Waals surface area contributed by atoms with Crippen LogP contribution in [0.4, 0.5) is 0 Å². The van der Waals surface area contributed by atoms with Gasteiger partial charge in [-0.3, -0.25) is 9.59 Å². The number of unbranched alkanes of at least 4 members (excludes halogenated alkanes) is 11. The number of esters is 2. The predicted octanol–water partition coefficient (Wildman–Crippen LogP) is 4.62. The normalized spacial score (nSPS) is 12.0. The van der Waals surface area contributed by atoms with E-state index in [1.807, 2.05) is 0 Å². The minimum Gasteiger partial charge on any atom is -0.466 e. The summed E-state index contributed by atoms with van der Waals surface area (Å²) in [6.45, 7) is 3.65.